The molecule has 10 nitrogen and oxygen atoms in total. The van der Waals surface area contributed by atoms with Gasteiger partial charge in [0.1, 0.15) is 11.7 Å². The third kappa shape index (κ3) is 4.54. The van der Waals surface area contributed by atoms with E-state index in [4.69, 9.17) is 14.7 Å². The third-order valence-electron chi connectivity index (χ3n) is 9.49. The number of carboxylic acids is 1. The van der Waals surface area contributed by atoms with Crippen LogP contribution in [0.15, 0.2) is 30.5 Å². The van der Waals surface area contributed by atoms with Gasteiger partial charge in [0.25, 0.3) is 0 Å². The van der Waals surface area contributed by atoms with Gasteiger partial charge in [0, 0.05) is 62.4 Å². The lowest BCUT2D eigenvalue weighted by Gasteiger charge is -2.18. The van der Waals surface area contributed by atoms with Crippen molar-refractivity contribution >= 4 is 57.5 Å². The second kappa shape index (κ2) is 11.1. The fraction of sp³-hybridized carbons (Fsp3) is 0.314. The summed E-state index contributed by atoms with van der Waals surface area (Å²) in [6, 6.07) is 5.78. The van der Waals surface area contributed by atoms with E-state index in [2.05, 4.69) is 30.4 Å². The maximum atomic E-state index is 13.2. The number of aromatic amines is 2. The molecule has 0 saturated carbocycles. The zero-order valence-corrected chi connectivity index (χ0v) is 25.9. The number of hydrogen-bond donors (Lipinski definition) is 5. The zero-order chi connectivity index (χ0) is 32.3. The highest BCUT2D eigenvalue weighted by Gasteiger charge is 2.45. The molecule has 5 N–H and O–H groups in total. The van der Waals surface area contributed by atoms with Crippen LogP contribution in [0.25, 0.3) is 45.6 Å². The van der Waals surface area contributed by atoms with E-state index in [-0.39, 0.29) is 24.5 Å². The first kappa shape index (κ1) is 29.9. The van der Waals surface area contributed by atoms with Crippen LogP contribution in [0.5, 0.6) is 0 Å². The number of hydrogen-bond acceptors (Lipinski definition) is 7. The highest BCUT2D eigenvalue weighted by atomic mass is 16.5. The molecule has 8 bridgehead atoms. The molecule has 45 heavy (non-hydrogen) atoms. The van der Waals surface area contributed by atoms with Gasteiger partial charge < -0.3 is 30.0 Å². The summed E-state index contributed by atoms with van der Waals surface area (Å²) >= 11 is 0. The Labute approximate surface area is 259 Å². The fourth-order valence-corrected chi connectivity index (χ4v) is 7.09. The zero-order valence-electron chi connectivity index (χ0n) is 25.9. The summed E-state index contributed by atoms with van der Waals surface area (Å²) < 4.78 is 5.15. The average molecular weight is 609 g/mol. The van der Waals surface area contributed by atoms with Gasteiger partial charge in [-0.3, -0.25) is 14.6 Å². The number of ether oxygens (including phenoxy) is 1. The van der Waals surface area contributed by atoms with E-state index in [1.165, 1.54) is 7.11 Å². The molecule has 10 heteroatoms. The number of nitrogens with one attached hydrogen (secondary N) is 2. The lowest BCUT2D eigenvalue weighted by molar-refractivity contribution is -0.142. The Morgan fingerprint density at radius 2 is 1.82 bits per heavy atom. The molecule has 6 rings (SSSR count). The first-order valence-electron chi connectivity index (χ1n) is 15.0. The molecule has 0 fully saturated rings. The molecule has 0 spiro atoms. The highest BCUT2D eigenvalue weighted by molar-refractivity contribution is 6.06. The second-order valence-corrected chi connectivity index (χ2v) is 11.8. The van der Waals surface area contributed by atoms with Crippen molar-refractivity contribution < 1.29 is 29.6 Å². The Bertz CT molecular complexity index is 2130. The summed E-state index contributed by atoms with van der Waals surface area (Å²) in [5.41, 5.74) is 9.14. The summed E-state index contributed by atoms with van der Waals surface area (Å²) in [4.78, 5) is 42.0. The van der Waals surface area contributed by atoms with E-state index >= 15 is 0 Å². The van der Waals surface area contributed by atoms with Crippen LogP contribution in [-0.2, 0) is 20.7 Å². The molecule has 3 atom stereocenters. The molecule has 0 saturated heterocycles. The molecule has 5 heterocycles. The summed E-state index contributed by atoms with van der Waals surface area (Å²) in [6.07, 6.45) is 3.61. The number of aromatic nitrogens is 4. The van der Waals surface area contributed by atoms with Crippen LogP contribution in [0.1, 0.15) is 90.7 Å². The van der Waals surface area contributed by atoms with Gasteiger partial charge in [-0.2, -0.15) is 0 Å². The summed E-state index contributed by atoms with van der Waals surface area (Å²) in [5.74, 6) is -3.56. The van der Waals surface area contributed by atoms with Crippen LogP contribution in [0.4, 0.5) is 0 Å². The number of aliphatic carboxylic acids is 1. The number of carbonyl (C=O) groups is 2. The molecule has 3 aliphatic rings. The number of H-pyrrole nitrogens is 2. The number of esters is 1. The van der Waals surface area contributed by atoms with E-state index in [1.807, 2.05) is 32.0 Å². The molecule has 3 aromatic heterocycles. The number of fused-ring (bicyclic) bond motifs is 8. The molecule has 0 aromatic carbocycles. The first-order valence-corrected chi connectivity index (χ1v) is 15.0. The van der Waals surface area contributed by atoms with Gasteiger partial charge in [-0.1, -0.05) is 26.5 Å². The van der Waals surface area contributed by atoms with Gasteiger partial charge >= 0.3 is 11.9 Å². The van der Waals surface area contributed by atoms with Gasteiger partial charge in [0.15, 0.2) is 0 Å². The molecule has 0 radical (unpaired) electrons. The third-order valence-corrected chi connectivity index (χ3v) is 9.49. The molecular weight excluding hydrogens is 572 g/mol. The molecule has 2 aliphatic heterocycles. The number of carbonyl (C=O) groups excluding carboxylic acids is 1. The Balaban J connectivity index is 1.85. The minimum absolute atomic E-state index is 0.113. The summed E-state index contributed by atoms with van der Waals surface area (Å²) in [6.45, 7) is 11.9. The van der Waals surface area contributed by atoms with Crippen LogP contribution in [0, 0.1) is 6.92 Å². The van der Waals surface area contributed by atoms with Crippen molar-refractivity contribution in [3.05, 3.63) is 80.4 Å². The highest BCUT2D eigenvalue weighted by Crippen LogP contribution is 2.50. The van der Waals surface area contributed by atoms with Crippen LogP contribution in [0.3, 0.4) is 0 Å². The van der Waals surface area contributed by atoms with E-state index in [0.717, 1.165) is 40.4 Å². The maximum absolute atomic E-state index is 13.2. The number of aryl methyl sites for hydroxylation is 2. The quantitative estimate of drug-likeness (QED) is 0.236. The topological polar surface area (TPSA) is 161 Å². The van der Waals surface area contributed by atoms with Crippen LogP contribution in [-0.4, -0.2) is 54.3 Å². The summed E-state index contributed by atoms with van der Waals surface area (Å²) in [7, 11) is 1.27. The predicted octanol–water partition coefficient (Wildman–Crippen LogP) is 5.29. The molecule has 1 aliphatic carbocycles. The number of allylic oxidation sites excluding steroid dienone is 1. The first-order chi connectivity index (χ1) is 21.5. The van der Waals surface area contributed by atoms with Crippen molar-refractivity contribution in [1.29, 1.82) is 0 Å². The SMILES string of the molecule is C=Cc1c(=CO)c2cc3nc(c4c5nc(cc6[nH]c(cc1[nH]2)c(C)c6CC)=C(C)C5=C(O)[C@@H]4C(=O)OC)[C@@H](CCC(=O)O)[C@@H]3C. The van der Waals surface area contributed by atoms with Crippen molar-refractivity contribution in [1.82, 2.24) is 19.9 Å². The Morgan fingerprint density at radius 1 is 1.09 bits per heavy atom. The van der Waals surface area contributed by atoms with Gasteiger partial charge in [0.05, 0.1) is 35.6 Å². The standard InChI is InChI=1S/C35H36N4O6/c1-7-18-15(3)22-11-26-19(8-2)21(14-40)27(37-26)12-23-16(4)20(9-10-28(41)42)32(38-23)30-31(35(44)45-6)34(43)29-17(5)24(39-33(29)30)13-25(18)36-22/h8,11-14,16,20,31,36-37,40,43H,2,7,9-10H2,1,3-6H3,(H,41,42)/t16-,20-,31+/m0/s1. The number of carboxylic acid groups (broad SMARTS) is 1. The van der Waals surface area contributed by atoms with Crippen LogP contribution < -0.4 is 10.6 Å². The fourth-order valence-electron chi connectivity index (χ4n) is 7.09. The lowest BCUT2D eigenvalue weighted by atomic mass is 9.84. The smallest absolute Gasteiger partial charge is 0.321 e. The average Bonchev–Trinajstić information content (AvgIpc) is 3.76. The summed E-state index contributed by atoms with van der Waals surface area (Å²) in [5, 5.41) is 32.7. The Hall–Kier alpha value is -5.12. The van der Waals surface area contributed by atoms with Gasteiger partial charge in [-0.25, -0.2) is 4.98 Å². The molecular formula is C35H36N4O6. The Kier molecular flexibility index (Phi) is 7.39. The molecule has 0 amide bonds. The normalized spacial score (nSPS) is 19.4. The van der Waals surface area contributed by atoms with E-state index in [0.29, 0.717) is 55.4 Å². The predicted molar refractivity (Wildman–Crippen MR) is 173 cm³/mol. The largest absolute Gasteiger partial charge is 0.515 e. The molecule has 0 unspecified atom stereocenters. The van der Waals surface area contributed by atoms with E-state index < -0.39 is 23.8 Å². The number of aliphatic hydroxyl groups excluding tert-OH is 2. The van der Waals surface area contributed by atoms with Crippen molar-refractivity contribution in [2.75, 3.05) is 7.11 Å². The lowest BCUT2D eigenvalue weighted by Crippen LogP contribution is -2.18. The maximum Gasteiger partial charge on any atom is 0.321 e. The van der Waals surface area contributed by atoms with Gasteiger partial charge in [-0.15, -0.1) is 0 Å². The monoisotopic (exact) mass is 608 g/mol. The van der Waals surface area contributed by atoms with E-state index in [1.54, 1.807) is 6.08 Å². The second-order valence-electron chi connectivity index (χ2n) is 11.8. The molecule has 3 aromatic rings. The van der Waals surface area contributed by atoms with Gasteiger partial charge in [0.2, 0.25) is 0 Å². The van der Waals surface area contributed by atoms with Crippen molar-refractivity contribution in [2.24, 2.45) is 0 Å². The van der Waals surface area contributed by atoms with E-state index in [9.17, 15) is 24.9 Å². The number of nitrogens with zero attached hydrogens (tertiary/aromatic N) is 2. The number of aliphatic hydroxyl groups is 2. The number of rotatable bonds is 6. The Morgan fingerprint density at radius 3 is 2.47 bits per heavy atom. The van der Waals surface area contributed by atoms with Gasteiger partial charge in [-0.05, 0) is 61.6 Å². The van der Waals surface area contributed by atoms with Crippen LogP contribution >= 0.6 is 0 Å². The van der Waals surface area contributed by atoms with Crippen molar-refractivity contribution in [2.45, 2.75) is 64.7 Å². The van der Waals surface area contributed by atoms with Crippen LogP contribution in [0.2, 0.25) is 0 Å². The minimum Gasteiger partial charge on any atom is -0.515 e. The molecule has 232 valence electrons. The number of methoxy groups -OCH3 is 1. The van der Waals surface area contributed by atoms with Crippen molar-refractivity contribution in [3.63, 3.8) is 0 Å². The van der Waals surface area contributed by atoms with Crippen molar-refractivity contribution in [3.8, 4) is 0 Å². The minimum atomic E-state index is -1.15.